The summed E-state index contributed by atoms with van der Waals surface area (Å²) in [6, 6.07) is 10.6. The highest BCUT2D eigenvalue weighted by atomic mass is 32.1. The molecule has 2 aromatic rings. The van der Waals surface area contributed by atoms with Gasteiger partial charge in [-0.3, -0.25) is 4.79 Å². The Hall–Kier alpha value is -1.94. The number of aryl methyl sites for hydroxylation is 1. The summed E-state index contributed by atoms with van der Waals surface area (Å²) in [5.41, 5.74) is 0.502. The normalized spacial score (nSPS) is 11.0. The Kier molecular flexibility index (Phi) is 5.28. The molecule has 0 unspecified atom stereocenters. The second kappa shape index (κ2) is 7.18. The molecule has 2 nitrogen and oxygen atoms in total. The summed E-state index contributed by atoms with van der Waals surface area (Å²) in [5.74, 6) is -0.253. The van der Waals surface area contributed by atoms with E-state index in [-0.39, 0.29) is 18.1 Å². The third-order valence-electron chi connectivity index (χ3n) is 3.11. The van der Waals surface area contributed by atoms with Crippen LogP contribution in [0.1, 0.15) is 21.7 Å². The molecule has 0 aliphatic rings. The van der Waals surface area contributed by atoms with Gasteiger partial charge in [-0.25, -0.2) is 4.39 Å². The molecule has 2 rings (SSSR count). The zero-order chi connectivity index (χ0) is 15.2. The van der Waals surface area contributed by atoms with Crippen molar-refractivity contribution in [3.05, 3.63) is 63.6 Å². The Balaban J connectivity index is 1.88. The zero-order valence-electron chi connectivity index (χ0n) is 12.2. The molecule has 1 aromatic carbocycles. The molecule has 1 amide bonds. The standard InChI is InChI=1S/C17H18FNOS/c1-13-10-11-15(21-13)12-19(2)17(20)9-5-7-14-6-3-4-8-16(14)18/h3-8,10-11H,9,12H2,1-2H3/b7-5+. The number of rotatable bonds is 5. The van der Waals surface area contributed by atoms with Gasteiger partial charge in [0.05, 0.1) is 6.54 Å². The first kappa shape index (κ1) is 15.4. The molecule has 0 radical (unpaired) electrons. The molecule has 0 bridgehead atoms. The number of carbonyl (C=O) groups excluding carboxylic acids is 1. The fourth-order valence-electron chi connectivity index (χ4n) is 1.94. The number of halogens is 1. The second-order valence-electron chi connectivity index (χ2n) is 4.89. The topological polar surface area (TPSA) is 20.3 Å². The molecular weight excluding hydrogens is 285 g/mol. The van der Waals surface area contributed by atoms with Gasteiger partial charge in [0.2, 0.25) is 5.91 Å². The fraction of sp³-hybridized carbons (Fsp3) is 0.235. The molecular formula is C17H18FNOS. The maximum atomic E-state index is 13.4. The summed E-state index contributed by atoms with van der Waals surface area (Å²) in [4.78, 5) is 16.1. The van der Waals surface area contributed by atoms with E-state index >= 15 is 0 Å². The lowest BCUT2D eigenvalue weighted by atomic mass is 10.2. The second-order valence-corrected chi connectivity index (χ2v) is 6.26. The van der Waals surface area contributed by atoms with Crippen LogP contribution in [0.5, 0.6) is 0 Å². The highest BCUT2D eigenvalue weighted by Gasteiger charge is 2.08. The van der Waals surface area contributed by atoms with Gasteiger partial charge < -0.3 is 4.90 Å². The van der Waals surface area contributed by atoms with Crippen LogP contribution in [0.2, 0.25) is 0 Å². The number of nitrogens with zero attached hydrogens (tertiary/aromatic N) is 1. The van der Waals surface area contributed by atoms with Crippen LogP contribution in [0.25, 0.3) is 6.08 Å². The van der Waals surface area contributed by atoms with E-state index in [1.54, 1.807) is 53.6 Å². The molecule has 0 saturated heterocycles. The predicted molar refractivity (Wildman–Crippen MR) is 85.6 cm³/mol. The van der Waals surface area contributed by atoms with E-state index in [9.17, 15) is 9.18 Å². The molecule has 0 saturated carbocycles. The number of thiophene rings is 1. The first-order valence-electron chi connectivity index (χ1n) is 6.76. The number of amides is 1. The number of benzene rings is 1. The van der Waals surface area contributed by atoms with Crippen LogP contribution in [0.15, 0.2) is 42.5 Å². The summed E-state index contributed by atoms with van der Waals surface area (Å²) >= 11 is 1.69. The van der Waals surface area contributed by atoms with Crippen molar-refractivity contribution < 1.29 is 9.18 Å². The van der Waals surface area contributed by atoms with Gasteiger partial charge in [-0.1, -0.05) is 30.4 Å². The molecule has 0 atom stereocenters. The molecule has 4 heteroatoms. The third kappa shape index (κ3) is 4.53. The van der Waals surface area contributed by atoms with E-state index in [0.717, 1.165) is 0 Å². The minimum atomic E-state index is -0.274. The summed E-state index contributed by atoms with van der Waals surface area (Å²) in [7, 11) is 1.79. The molecule has 0 N–H and O–H groups in total. The molecule has 0 aliphatic carbocycles. The number of hydrogen-bond donors (Lipinski definition) is 0. The molecule has 110 valence electrons. The number of hydrogen-bond acceptors (Lipinski definition) is 2. The average Bonchev–Trinajstić information content (AvgIpc) is 2.86. The minimum Gasteiger partial charge on any atom is -0.340 e. The van der Waals surface area contributed by atoms with Crippen LogP contribution in [0, 0.1) is 12.7 Å². The number of carbonyl (C=O) groups is 1. The van der Waals surface area contributed by atoms with Gasteiger partial charge in [0, 0.05) is 28.8 Å². The summed E-state index contributed by atoms with van der Waals surface area (Å²) in [5, 5.41) is 0. The van der Waals surface area contributed by atoms with E-state index in [4.69, 9.17) is 0 Å². The lowest BCUT2D eigenvalue weighted by molar-refractivity contribution is -0.129. The monoisotopic (exact) mass is 303 g/mol. The van der Waals surface area contributed by atoms with Crippen LogP contribution in [-0.2, 0) is 11.3 Å². The lowest BCUT2D eigenvalue weighted by Gasteiger charge is -2.15. The van der Waals surface area contributed by atoms with Gasteiger partial charge in [0.25, 0.3) is 0 Å². The quantitative estimate of drug-likeness (QED) is 0.808. The Morgan fingerprint density at radius 2 is 2.05 bits per heavy atom. The predicted octanol–water partition coefficient (Wildman–Crippen LogP) is 4.26. The lowest BCUT2D eigenvalue weighted by Crippen LogP contribution is -2.24. The van der Waals surface area contributed by atoms with Crippen molar-refractivity contribution in [1.82, 2.24) is 4.90 Å². The van der Waals surface area contributed by atoms with Gasteiger partial charge in [0.15, 0.2) is 0 Å². The van der Waals surface area contributed by atoms with Gasteiger partial charge in [0.1, 0.15) is 5.82 Å². The molecule has 0 aliphatic heterocycles. The smallest absolute Gasteiger partial charge is 0.226 e. The highest BCUT2D eigenvalue weighted by molar-refractivity contribution is 7.11. The third-order valence-corrected chi connectivity index (χ3v) is 4.10. The van der Waals surface area contributed by atoms with E-state index in [2.05, 4.69) is 6.07 Å². The van der Waals surface area contributed by atoms with Crippen LogP contribution < -0.4 is 0 Å². The van der Waals surface area contributed by atoms with Crippen molar-refractivity contribution in [2.75, 3.05) is 7.05 Å². The van der Waals surface area contributed by atoms with Gasteiger partial charge in [-0.15, -0.1) is 11.3 Å². The van der Waals surface area contributed by atoms with Crippen molar-refractivity contribution >= 4 is 23.3 Å². The summed E-state index contributed by atoms with van der Waals surface area (Å²) in [6.45, 7) is 2.66. The van der Waals surface area contributed by atoms with Crippen molar-refractivity contribution in [3.8, 4) is 0 Å². The molecule has 0 fully saturated rings. The van der Waals surface area contributed by atoms with E-state index in [1.807, 2.05) is 13.0 Å². The molecule has 21 heavy (non-hydrogen) atoms. The maximum absolute atomic E-state index is 13.4. The van der Waals surface area contributed by atoms with Gasteiger partial charge >= 0.3 is 0 Å². The first-order valence-corrected chi connectivity index (χ1v) is 7.58. The highest BCUT2D eigenvalue weighted by Crippen LogP contribution is 2.17. The van der Waals surface area contributed by atoms with Crippen molar-refractivity contribution in [1.29, 1.82) is 0 Å². The summed E-state index contributed by atoms with van der Waals surface area (Å²) < 4.78 is 13.4. The maximum Gasteiger partial charge on any atom is 0.226 e. The van der Waals surface area contributed by atoms with Crippen LogP contribution in [0.3, 0.4) is 0 Å². The Morgan fingerprint density at radius 3 is 2.71 bits per heavy atom. The van der Waals surface area contributed by atoms with E-state index < -0.39 is 0 Å². The molecule has 0 spiro atoms. The Morgan fingerprint density at radius 1 is 1.29 bits per heavy atom. The minimum absolute atomic E-state index is 0.0219. The SMILES string of the molecule is Cc1ccc(CN(C)C(=O)C/C=C/c2ccccc2F)s1. The fourth-order valence-corrected chi connectivity index (χ4v) is 2.89. The first-order chi connectivity index (χ1) is 10.1. The zero-order valence-corrected chi connectivity index (χ0v) is 13.0. The van der Waals surface area contributed by atoms with Crippen molar-refractivity contribution in [3.63, 3.8) is 0 Å². The van der Waals surface area contributed by atoms with E-state index in [0.29, 0.717) is 12.1 Å². The molecule has 1 heterocycles. The van der Waals surface area contributed by atoms with Gasteiger partial charge in [-0.05, 0) is 25.1 Å². The molecule has 1 aromatic heterocycles. The van der Waals surface area contributed by atoms with Gasteiger partial charge in [-0.2, -0.15) is 0 Å². The summed E-state index contributed by atoms with van der Waals surface area (Å²) in [6.07, 6.45) is 3.63. The van der Waals surface area contributed by atoms with Crippen LogP contribution in [0.4, 0.5) is 4.39 Å². The van der Waals surface area contributed by atoms with Crippen molar-refractivity contribution in [2.24, 2.45) is 0 Å². The van der Waals surface area contributed by atoms with E-state index in [1.165, 1.54) is 15.8 Å². The largest absolute Gasteiger partial charge is 0.340 e. The Labute approximate surface area is 128 Å². The average molecular weight is 303 g/mol. The van der Waals surface area contributed by atoms with Crippen LogP contribution in [-0.4, -0.2) is 17.9 Å². The van der Waals surface area contributed by atoms with Crippen LogP contribution >= 0.6 is 11.3 Å². The van der Waals surface area contributed by atoms with Crippen molar-refractivity contribution in [2.45, 2.75) is 19.9 Å². The Bertz CT molecular complexity index is 648.